The molecule has 3 N–H and O–H groups in total. The molecule has 6 atom stereocenters. The standard InChI is InChI=1S/C14H22FNO5/c1-6(2)5-20-7(3)21-12(17)10-8-4-9(15)14(16,11(8)10)13(18)19/h6-11H,4-5,16H2,1-3H3,(H,18,19)/t7?,8?,9-,10-,11-,14-/m0/s1. The third kappa shape index (κ3) is 2.76. The average Bonchev–Trinajstić information content (AvgIpc) is 3.02. The van der Waals surface area contributed by atoms with Crippen LogP contribution in [0.5, 0.6) is 0 Å². The molecule has 6 nitrogen and oxygen atoms in total. The van der Waals surface area contributed by atoms with Crippen molar-refractivity contribution in [3.63, 3.8) is 0 Å². The predicted molar refractivity (Wildman–Crippen MR) is 70.9 cm³/mol. The van der Waals surface area contributed by atoms with E-state index in [1.807, 2.05) is 13.8 Å². The second-order valence-electron chi connectivity index (χ2n) is 6.39. The summed E-state index contributed by atoms with van der Waals surface area (Å²) in [7, 11) is 0. The first-order chi connectivity index (χ1) is 9.69. The molecular formula is C14H22FNO5. The smallest absolute Gasteiger partial charge is 0.327 e. The monoisotopic (exact) mass is 303 g/mol. The van der Waals surface area contributed by atoms with Crippen LogP contribution in [0.25, 0.3) is 0 Å². The van der Waals surface area contributed by atoms with Gasteiger partial charge in [-0.2, -0.15) is 0 Å². The molecule has 0 radical (unpaired) electrons. The van der Waals surface area contributed by atoms with E-state index in [0.29, 0.717) is 12.5 Å². The molecule has 2 aliphatic rings. The Hall–Kier alpha value is -1.21. The fraction of sp³-hybridized carbons (Fsp3) is 0.857. The Balaban J connectivity index is 1.91. The minimum Gasteiger partial charge on any atom is -0.480 e. The number of carboxylic acid groups (broad SMARTS) is 1. The van der Waals surface area contributed by atoms with Crippen LogP contribution in [0.4, 0.5) is 4.39 Å². The van der Waals surface area contributed by atoms with Crippen molar-refractivity contribution < 1.29 is 28.6 Å². The van der Waals surface area contributed by atoms with Crippen molar-refractivity contribution in [1.29, 1.82) is 0 Å². The van der Waals surface area contributed by atoms with Gasteiger partial charge in [-0.3, -0.25) is 9.59 Å². The molecule has 0 aliphatic heterocycles. The van der Waals surface area contributed by atoms with Crippen molar-refractivity contribution in [2.45, 2.75) is 45.2 Å². The minimum atomic E-state index is -1.98. The van der Waals surface area contributed by atoms with E-state index in [4.69, 9.17) is 20.3 Å². The van der Waals surface area contributed by atoms with Crippen LogP contribution in [-0.4, -0.2) is 41.7 Å². The average molecular weight is 303 g/mol. The molecular weight excluding hydrogens is 281 g/mol. The summed E-state index contributed by atoms with van der Waals surface area (Å²) in [4.78, 5) is 23.2. The van der Waals surface area contributed by atoms with E-state index in [1.165, 1.54) is 0 Å². The van der Waals surface area contributed by atoms with E-state index < -0.39 is 41.8 Å². The van der Waals surface area contributed by atoms with E-state index in [9.17, 15) is 14.0 Å². The number of aliphatic carboxylic acids is 1. The van der Waals surface area contributed by atoms with Crippen LogP contribution in [0.2, 0.25) is 0 Å². The molecule has 0 spiro atoms. The molecule has 0 aromatic carbocycles. The third-order valence-electron chi connectivity index (χ3n) is 4.31. The summed E-state index contributed by atoms with van der Waals surface area (Å²) < 4.78 is 24.2. The zero-order valence-corrected chi connectivity index (χ0v) is 12.4. The quantitative estimate of drug-likeness (QED) is 0.559. The molecule has 0 bridgehead atoms. The summed E-state index contributed by atoms with van der Waals surface area (Å²) in [6, 6.07) is 0. The highest BCUT2D eigenvalue weighted by atomic mass is 19.1. The fourth-order valence-corrected chi connectivity index (χ4v) is 3.16. The summed E-state index contributed by atoms with van der Waals surface area (Å²) >= 11 is 0. The number of halogens is 1. The Labute approximate surface area is 122 Å². The van der Waals surface area contributed by atoms with Gasteiger partial charge >= 0.3 is 11.9 Å². The third-order valence-corrected chi connectivity index (χ3v) is 4.31. The molecule has 2 rings (SSSR count). The predicted octanol–water partition coefficient (Wildman–Crippen LogP) is 0.934. The van der Waals surface area contributed by atoms with Crippen LogP contribution in [0.1, 0.15) is 27.2 Å². The number of rotatable bonds is 6. The Kier molecular flexibility index (Phi) is 4.26. The summed E-state index contributed by atoms with van der Waals surface area (Å²) in [5.41, 5.74) is 3.70. The molecule has 2 saturated carbocycles. The first-order valence-corrected chi connectivity index (χ1v) is 7.18. The Bertz CT molecular complexity index is 443. The summed E-state index contributed by atoms with van der Waals surface area (Å²) in [6.07, 6.45) is -2.34. The van der Waals surface area contributed by atoms with E-state index in [0.717, 1.165) is 0 Å². The van der Waals surface area contributed by atoms with Crippen LogP contribution in [0.15, 0.2) is 0 Å². The first kappa shape index (κ1) is 16.2. The van der Waals surface area contributed by atoms with Crippen molar-refractivity contribution >= 4 is 11.9 Å². The van der Waals surface area contributed by atoms with Gasteiger partial charge in [-0.25, -0.2) is 4.39 Å². The molecule has 21 heavy (non-hydrogen) atoms. The number of hydrogen-bond acceptors (Lipinski definition) is 5. The number of esters is 1. The Morgan fingerprint density at radius 3 is 2.57 bits per heavy atom. The molecule has 7 heteroatoms. The van der Waals surface area contributed by atoms with Gasteiger partial charge in [0.2, 0.25) is 0 Å². The van der Waals surface area contributed by atoms with E-state index in [-0.39, 0.29) is 12.3 Å². The lowest BCUT2D eigenvalue weighted by Crippen LogP contribution is -2.56. The van der Waals surface area contributed by atoms with E-state index >= 15 is 0 Å². The molecule has 0 amide bonds. The molecule has 0 saturated heterocycles. The zero-order valence-electron chi connectivity index (χ0n) is 12.4. The molecule has 2 aliphatic carbocycles. The second kappa shape index (κ2) is 5.53. The lowest BCUT2D eigenvalue weighted by molar-refractivity contribution is -0.179. The molecule has 0 heterocycles. The maximum atomic E-state index is 13.7. The largest absolute Gasteiger partial charge is 0.480 e. The number of alkyl halides is 1. The van der Waals surface area contributed by atoms with Gasteiger partial charge in [0, 0.05) is 5.92 Å². The van der Waals surface area contributed by atoms with Crippen LogP contribution in [0.3, 0.4) is 0 Å². The molecule has 2 unspecified atom stereocenters. The number of carbonyl (C=O) groups is 2. The van der Waals surface area contributed by atoms with Crippen LogP contribution in [-0.2, 0) is 19.1 Å². The molecule has 0 aromatic rings. The van der Waals surface area contributed by atoms with Crippen LogP contribution < -0.4 is 5.73 Å². The number of carboxylic acids is 1. The van der Waals surface area contributed by atoms with Crippen molar-refractivity contribution in [2.24, 2.45) is 29.4 Å². The Morgan fingerprint density at radius 2 is 2.05 bits per heavy atom. The second-order valence-corrected chi connectivity index (χ2v) is 6.39. The lowest BCUT2D eigenvalue weighted by atomic mass is 9.90. The molecule has 2 fully saturated rings. The number of carbonyl (C=O) groups excluding carboxylic acids is 1. The number of ether oxygens (including phenoxy) is 2. The topological polar surface area (TPSA) is 98.9 Å². The zero-order chi connectivity index (χ0) is 15.9. The van der Waals surface area contributed by atoms with Crippen molar-refractivity contribution in [3.8, 4) is 0 Å². The van der Waals surface area contributed by atoms with E-state index in [1.54, 1.807) is 6.92 Å². The SMILES string of the molecule is CC(C)COC(C)OC(=O)[C@H]1C2C[C@H](F)[C@@](N)(C(=O)O)[C@@H]21. The highest BCUT2D eigenvalue weighted by molar-refractivity contribution is 5.86. The van der Waals surface area contributed by atoms with Crippen molar-refractivity contribution in [1.82, 2.24) is 0 Å². The van der Waals surface area contributed by atoms with Gasteiger partial charge in [0.1, 0.15) is 11.7 Å². The highest BCUT2D eigenvalue weighted by Gasteiger charge is 2.74. The lowest BCUT2D eigenvalue weighted by Gasteiger charge is -2.25. The highest BCUT2D eigenvalue weighted by Crippen LogP contribution is 2.62. The fourth-order valence-electron chi connectivity index (χ4n) is 3.16. The summed E-state index contributed by atoms with van der Waals surface area (Å²) in [6.45, 7) is 5.99. The van der Waals surface area contributed by atoms with Crippen molar-refractivity contribution in [3.05, 3.63) is 0 Å². The van der Waals surface area contributed by atoms with Crippen molar-refractivity contribution in [2.75, 3.05) is 6.61 Å². The van der Waals surface area contributed by atoms with Gasteiger partial charge in [0.25, 0.3) is 0 Å². The van der Waals surface area contributed by atoms with Gasteiger partial charge in [0.05, 0.1) is 12.5 Å². The number of nitrogens with two attached hydrogens (primary N) is 1. The van der Waals surface area contributed by atoms with Gasteiger partial charge in [-0.05, 0) is 25.2 Å². The van der Waals surface area contributed by atoms with Gasteiger partial charge in [-0.15, -0.1) is 0 Å². The van der Waals surface area contributed by atoms with E-state index in [2.05, 4.69) is 0 Å². The van der Waals surface area contributed by atoms with Gasteiger partial charge in [0.15, 0.2) is 6.29 Å². The maximum absolute atomic E-state index is 13.7. The number of hydrogen-bond donors (Lipinski definition) is 2. The van der Waals surface area contributed by atoms with Gasteiger partial charge < -0.3 is 20.3 Å². The molecule has 120 valence electrons. The normalized spacial score (nSPS) is 39.0. The van der Waals surface area contributed by atoms with Crippen LogP contribution in [0, 0.1) is 23.7 Å². The number of fused-ring (bicyclic) bond motifs is 1. The summed E-state index contributed by atoms with van der Waals surface area (Å²) in [5, 5.41) is 9.12. The first-order valence-electron chi connectivity index (χ1n) is 7.18. The maximum Gasteiger partial charge on any atom is 0.327 e. The summed E-state index contributed by atoms with van der Waals surface area (Å²) in [5.74, 6) is -3.31. The van der Waals surface area contributed by atoms with Crippen LogP contribution >= 0.6 is 0 Å². The minimum absolute atomic E-state index is 0.00549. The van der Waals surface area contributed by atoms with Gasteiger partial charge in [-0.1, -0.05) is 13.8 Å². The Morgan fingerprint density at radius 1 is 1.43 bits per heavy atom. The molecule has 0 aromatic heterocycles.